The van der Waals surface area contributed by atoms with Gasteiger partial charge in [0.1, 0.15) is 0 Å². The molecule has 1 heterocycles. The van der Waals surface area contributed by atoms with Crippen molar-refractivity contribution in [2.45, 2.75) is 44.7 Å². The standard InChI is InChI=1S/C15H21ClN2/c1-10(17)6-11-3-5-15(14(16)8-11)18-9-12-2-4-13(18)7-12/h3,5,8,10,12-13H,2,4,6-7,9,17H2,1H3. The second kappa shape index (κ2) is 4.75. The van der Waals surface area contributed by atoms with Crippen molar-refractivity contribution in [3.8, 4) is 0 Å². The molecule has 1 aliphatic heterocycles. The fraction of sp³-hybridized carbons (Fsp3) is 0.600. The first-order valence-corrected chi connectivity index (χ1v) is 7.32. The van der Waals surface area contributed by atoms with E-state index in [0.29, 0.717) is 0 Å². The van der Waals surface area contributed by atoms with Gasteiger partial charge in [-0.15, -0.1) is 0 Å². The van der Waals surface area contributed by atoms with E-state index in [2.05, 4.69) is 23.1 Å². The summed E-state index contributed by atoms with van der Waals surface area (Å²) in [5.74, 6) is 0.898. The molecule has 1 aliphatic carbocycles. The van der Waals surface area contributed by atoms with Crippen LogP contribution in [0.2, 0.25) is 5.02 Å². The average Bonchev–Trinajstić information content (AvgIpc) is 2.90. The lowest BCUT2D eigenvalue weighted by atomic mass is 10.1. The first-order chi connectivity index (χ1) is 8.63. The summed E-state index contributed by atoms with van der Waals surface area (Å²) in [5.41, 5.74) is 8.29. The Morgan fingerprint density at radius 2 is 2.28 bits per heavy atom. The monoisotopic (exact) mass is 264 g/mol. The van der Waals surface area contributed by atoms with E-state index in [0.717, 1.165) is 23.4 Å². The number of hydrogen-bond acceptors (Lipinski definition) is 2. The normalized spacial score (nSPS) is 27.8. The molecule has 1 saturated carbocycles. The Hall–Kier alpha value is -0.730. The molecule has 0 radical (unpaired) electrons. The van der Waals surface area contributed by atoms with Gasteiger partial charge in [-0.3, -0.25) is 0 Å². The van der Waals surface area contributed by atoms with Gasteiger partial charge in [0.05, 0.1) is 10.7 Å². The van der Waals surface area contributed by atoms with E-state index in [9.17, 15) is 0 Å². The molecule has 1 aromatic rings. The zero-order valence-corrected chi connectivity index (χ0v) is 11.7. The van der Waals surface area contributed by atoms with Gasteiger partial charge in [0.25, 0.3) is 0 Å². The molecule has 2 aliphatic rings. The topological polar surface area (TPSA) is 29.3 Å². The molecule has 2 fully saturated rings. The molecule has 0 amide bonds. The van der Waals surface area contributed by atoms with Crippen LogP contribution >= 0.6 is 11.6 Å². The minimum Gasteiger partial charge on any atom is -0.367 e. The molecular weight excluding hydrogens is 244 g/mol. The number of nitrogens with zero attached hydrogens (tertiary/aromatic N) is 1. The minimum atomic E-state index is 0.190. The van der Waals surface area contributed by atoms with Gasteiger partial charge < -0.3 is 10.6 Å². The Kier molecular flexibility index (Phi) is 3.25. The van der Waals surface area contributed by atoms with Crippen molar-refractivity contribution in [1.82, 2.24) is 0 Å². The second-order valence-electron chi connectivity index (χ2n) is 5.95. The van der Waals surface area contributed by atoms with Crippen LogP contribution in [0, 0.1) is 5.92 Å². The quantitative estimate of drug-likeness (QED) is 0.908. The van der Waals surface area contributed by atoms with Crippen LogP contribution < -0.4 is 10.6 Å². The largest absolute Gasteiger partial charge is 0.367 e. The van der Waals surface area contributed by atoms with Crippen LogP contribution in [0.4, 0.5) is 5.69 Å². The van der Waals surface area contributed by atoms with Crippen molar-refractivity contribution in [1.29, 1.82) is 0 Å². The van der Waals surface area contributed by atoms with Crippen molar-refractivity contribution in [3.63, 3.8) is 0 Å². The lowest BCUT2D eigenvalue weighted by Crippen LogP contribution is -2.32. The zero-order valence-electron chi connectivity index (χ0n) is 10.9. The van der Waals surface area contributed by atoms with Gasteiger partial charge in [-0.05, 0) is 56.2 Å². The Morgan fingerprint density at radius 3 is 2.83 bits per heavy atom. The summed E-state index contributed by atoms with van der Waals surface area (Å²) in [7, 11) is 0. The maximum atomic E-state index is 6.45. The third-order valence-electron chi connectivity index (χ3n) is 4.29. The van der Waals surface area contributed by atoms with Crippen molar-refractivity contribution >= 4 is 17.3 Å². The summed E-state index contributed by atoms with van der Waals surface area (Å²) in [5, 5.41) is 0.890. The zero-order chi connectivity index (χ0) is 12.7. The predicted molar refractivity (Wildman–Crippen MR) is 77.3 cm³/mol. The van der Waals surface area contributed by atoms with Gasteiger partial charge in [-0.1, -0.05) is 17.7 Å². The number of rotatable bonds is 3. The number of fused-ring (bicyclic) bond motifs is 2. The molecule has 1 aromatic carbocycles. The highest BCUT2D eigenvalue weighted by atomic mass is 35.5. The van der Waals surface area contributed by atoms with Gasteiger partial charge in [0.15, 0.2) is 0 Å². The number of hydrogen-bond donors (Lipinski definition) is 1. The minimum absolute atomic E-state index is 0.190. The van der Waals surface area contributed by atoms with E-state index >= 15 is 0 Å². The number of anilines is 1. The Morgan fingerprint density at radius 1 is 1.44 bits per heavy atom. The number of benzene rings is 1. The van der Waals surface area contributed by atoms with Crippen molar-refractivity contribution in [2.24, 2.45) is 11.7 Å². The van der Waals surface area contributed by atoms with E-state index < -0.39 is 0 Å². The third kappa shape index (κ3) is 2.24. The van der Waals surface area contributed by atoms with Gasteiger partial charge >= 0.3 is 0 Å². The van der Waals surface area contributed by atoms with Crippen LogP contribution in [0.5, 0.6) is 0 Å². The molecule has 0 spiro atoms. The molecule has 3 unspecified atom stereocenters. The van der Waals surface area contributed by atoms with Gasteiger partial charge in [-0.2, -0.15) is 0 Å². The average molecular weight is 265 g/mol. The highest BCUT2D eigenvalue weighted by Gasteiger charge is 2.38. The summed E-state index contributed by atoms with van der Waals surface area (Å²) >= 11 is 6.45. The molecular formula is C15H21ClN2. The summed E-state index contributed by atoms with van der Waals surface area (Å²) in [4.78, 5) is 2.51. The maximum absolute atomic E-state index is 6.45. The van der Waals surface area contributed by atoms with E-state index in [1.54, 1.807) is 0 Å². The second-order valence-corrected chi connectivity index (χ2v) is 6.36. The van der Waals surface area contributed by atoms with Crippen molar-refractivity contribution < 1.29 is 0 Å². The molecule has 2 nitrogen and oxygen atoms in total. The molecule has 1 saturated heterocycles. The lowest BCUT2D eigenvalue weighted by Gasteiger charge is -2.30. The number of piperidine rings is 1. The van der Waals surface area contributed by atoms with E-state index in [4.69, 9.17) is 17.3 Å². The first kappa shape index (κ1) is 12.3. The van der Waals surface area contributed by atoms with Crippen molar-refractivity contribution in [2.75, 3.05) is 11.4 Å². The van der Waals surface area contributed by atoms with Crippen LogP contribution in [0.3, 0.4) is 0 Å². The first-order valence-electron chi connectivity index (χ1n) is 6.94. The van der Waals surface area contributed by atoms with Gasteiger partial charge in [0, 0.05) is 18.6 Å². The van der Waals surface area contributed by atoms with Gasteiger partial charge in [0.2, 0.25) is 0 Å². The molecule has 3 heteroatoms. The highest BCUT2D eigenvalue weighted by molar-refractivity contribution is 6.33. The molecule has 18 heavy (non-hydrogen) atoms. The maximum Gasteiger partial charge on any atom is 0.0642 e. The fourth-order valence-electron chi connectivity index (χ4n) is 3.50. The molecule has 98 valence electrons. The summed E-state index contributed by atoms with van der Waals surface area (Å²) < 4.78 is 0. The Balaban J connectivity index is 1.81. The molecule has 2 N–H and O–H groups in total. The molecule has 3 atom stereocenters. The van der Waals surface area contributed by atoms with Crippen LogP contribution in [-0.4, -0.2) is 18.6 Å². The number of halogens is 1. The van der Waals surface area contributed by atoms with Crippen LogP contribution in [-0.2, 0) is 6.42 Å². The van der Waals surface area contributed by atoms with E-state index in [-0.39, 0.29) is 6.04 Å². The predicted octanol–water partition coefficient (Wildman–Crippen LogP) is 3.22. The summed E-state index contributed by atoms with van der Waals surface area (Å²) in [6, 6.07) is 7.37. The fourth-order valence-corrected chi connectivity index (χ4v) is 3.81. The SMILES string of the molecule is CC(N)Cc1ccc(N2CC3CCC2C3)c(Cl)c1. The Labute approximate surface area is 114 Å². The summed E-state index contributed by atoms with van der Waals surface area (Å²) in [6.45, 7) is 3.22. The molecule has 3 rings (SSSR count). The third-order valence-corrected chi connectivity index (χ3v) is 4.59. The highest BCUT2D eigenvalue weighted by Crippen LogP contribution is 2.42. The number of nitrogens with two attached hydrogens (primary N) is 1. The summed E-state index contributed by atoms with van der Waals surface area (Å²) in [6.07, 6.45) is 4.99. The Bertz CT molecular complexity index is 444. The van der Waals surface area contributed by atoms with Crippen LogP contribution in [0.25, 0.3) is 0 Å². The lowest BCUT2D eigenvalue weighted by molar-refractivity contribution is 0.553. The van der Waals surface area contributed by atoms with E-state index in [1.807, 2.05) is 6.92 Å². The smallest absolute Gasteiger partial charge is 0.0642 e. The molecule has 2 bridgehead atoms. The van der Waals surface area contributed by atoms with Gasteiger partial charge in [-0.25, -0.2) is 0 Å². The van der Waals surface area contributed by atoms with Crippen molar-refractivity contribution in [3.05, 3.63) is 28.8 Å². The van der Waals surface area contributed by atoms with Crippen LogP contribution in [0.1, 0.15) is 31.7 Å². The van der Waals surface area contributed by atoms with E-state index in [1.165, 1.54) is 37.1 Å². The molecule has 0 aromatic heterocycles. The van der Waals surface area contributed by atoms with Crippen LogP contribution in [0.15, 0.2) is 18.2 Å².